The van der Waals surface area contributed by atoms with Crippen LogP contribution in [0.3, 0.4) is 0 Å². The topological polar surface area (TPSA) is 17.0 Å². The van der Waals surface area contributed by atoms with Crippen LogP contribution >= 0.6 is 11.8 Å². The van der Waals surface area contributed by atoms with Crippen molar-refractivity contribution in [2.24, 2.45) is 0 Å². The minimum absolute atomic E-state index is 0.593. The highest BCUT2D eigenvalue weighted by Crippen LogP contribution is 2.05. The van der Waals surface area contributed by atoms with Gasteiger partial charge >= 0.3 is 0 Å². The van der Waals surface area contributed by atoms with Crippen molar-refractivity contribution in [1.29, 1.82) is 0 Å². The number of nitrogens with one attached hydrogen (secondary N) is 1. The minimum atomic E-state index is 0.593. The van der Waals surface area contributed by atoms with E-state index < -0.39 is 0 Å². The van der Waals surface area contributed by atoms with Gasteiger partial charge < -0.3 is 9.88 Å². The van der Waals surface area contributed by atoms with Crippen molar-refractivity contribution in [2.45, 2.75) is 39.9 Å². The fraction of sp³-hybridized carbons (Fsp3) is 0.667. The fourth-order valence-electron chi connectivity index (χ4n) is 1.55. The summed E-state index contributed by atoms with van der Waals surface area (Å²) in [6.45, 7) is 8.68. The van der Waals surface area contributed by atoms with E-state index in [1.165, 1.54) is 17.2 Å². The first-order valence-electron chi connectivity index (χ1n) is 5.73. The Morgan fingerprint density at radius 3 is 2.93 bits per heavy atom. The molecule has 86 valence electrons. The standard InChI is InChI=1S/C12H22N2S/c1-4-14-8-6-7-12(14)9-13-11(3)10-15-5-2/h6-8,11,13H,4-5,9-10H2,1-3H3. The molecule has 15 heavy (non-hydrogen) atoms. The van der Waals surface area contributed by atoms with Gasteiger partial charge in [0.05, 0.1) is 0 Å². The molecule has 2 nitrogen and oxygen atoms in total. The number of thioether (sulfide) groups is 1. The summed E-state index contributed by atoms with van der Waals surface area (Å²) in [6, 6.07) is 4.90. The van der Waals surface area contributed by atoms with Gasteiger partial charge in [0.15, 0.2) is 0 Å². The average Bonchev–Trinajstić information content (AvgIpc) is 2.70. The van der Waals surface area contributed by atoms with Gasteiger partial charge in [-0.15, -0.1) is 0 Å². The summed E-state index contributed by atoms with van der Waals surface area (Å²) in [5.74, 6) is 2.40. The number of aryl methyl sites for hydroxylation is 1. The number of hydrogen-bond donors (Lipinski definition) is 1. The normalized spacial score (nSPS) is 13.0. The molecule has 0 aromatic carbocycles. The van der Waals surface area contributed by atoms with E-state index in [0.717, 1.165) is 13.1 Å². The van der Waals surface area contributed by atoms with E-state index in [9.17, 15) is 0 Å². The minimum Gasteiger partial charge on any atom is -0.351 e. The number of nitrogens with zero attached hydrogens (tertiary/aromatic N) is 1. The third kappa shape index (κ3) is 4.31. The van der Waals surface area contributed by atoms with E-state index in [1.807, 2.05) is 11.8 Å². The monoisotopic (exact) mass is 226 g/mol. The molecule has 0 amide bonds. The number of hydrogen-bond acceptors (Lipinski definition) is 2. The second-order valence-corrected chi connectivity index (χ2v) is 5.05. The fourth-order valence-corrected chi connectivity index (χ4v) is 2.26. The molecule has 0 spiro atoms. The van der Waals surface area contributed by atoms with E-state index in [1.54, 1.807) is 0 Å². The average molecular weight is 226 g/mol. The maximum absolute atomic E-state index is 3.55. The molecule has 1 heterocycles. The molecule has 1 rings (SSSR count). The van der Waals surface area contributed by atoms with Crippen LogP contribution in [0.4, 0.5) is 0 Å². The zero-order valence-electron chi connectivity index (χ0n) is 9.99. The maximum Gasteiger partial charge on any atom is 0.0361 e. The molecule has 1 atom stereocenters. The van der Waals surface area contributed by atoms with E-state index in [-0.39, 0.29) is 0 Å². The van der Waals surface area contributed by atoms with Crippen LogP contribution in [0.2, 0.25) is 0 Å². The zero-order valence-corrected chi connectivity index (χ0v) is 10.8. The van der Waals surface area contributed by atoms with Crippen molar-refractivity contribution < 1.29 is 0 Å². The van der Waals surface area contributed by atoms with Crippen molar-refractivity contribution in [3.8, 4) is 0 Å². The summed E-state index contributed by atoms with van der Waals surface area (Å²) in [5, 5.41) is 3.55. The summed E-state index contributed by atoms with van der Waals surface area (Å²) in [4.78, 5) is 0. The summed E-state index contributed by atoms with van der Waals surface area (Å²) in [7, 11) is 0. The van der Waals surface area contributed by atoms with Gasteiger partial charge in [-0.1, -0.05) is 6.92 Å². The molecule has 1 unspecified atom stereocenters. The molecule has 3 heteroatoms. The lowest BCUT2D eigenvalue weighted by Gasteiger charge is -2.14. The molecule has 0 aliphatic heterocycles. The van der Waals surface area contributed by atoms with Crippen LogP contribution in [-0.2, 0) is 13.1 Å². The largest absolute Gasteiger partial charge is 0.351 e. The van der Waals surface area contributed by atoms with Crippen molar-refractivity contribution in [3.63, 3.8) is 0 Å². The Morgan fingerprint density at radius 2 is 2.27 bits per heavy atom. The van der Waals surface area contributed by atoms with E-state index in [2.05, 4.69) is 49.0 Å². The first-order chi connectivity index (χ1) is 7.27. The van der Waals surface area contributed by atoms with Crippen LogP contribution in [0.15, 0.2) is 18.3 Å². The van der Waals surface area contributed by atoms with E-state index in [4.69, 9.17) is 0 Å². The highest BCUT2D eigenvalue weighted by atomic mass is 32.2. The van der Waals surface area contributed by atoms with Crippen LogP contribution < -0.4 is 5.32 Å². The van der Waals surface area contributed by atoms with Gasteiger partial charge in [0.2, 0.25) is 0 Å². The molecule has 0 radical (unpaired) electrons. The van der Waals surface area contributed by atoms with Crippen molar-refractivity contribution in [3.05, 3.63) is 24.0 Å². The molecule has 0 fully saturated rings. The predicted molar refractivity (Wildman–Crippen MR) is 69.4 cm³/mol. The Morgan fingerprint density at radius 1 is 1.47 bits per heavy atom. The quantitative estimate of drug-likeness (QED) is 0.770. The predicted octanol–water partition coefficient (Wildman–Crippen LogP) is 2.74. The van der Waals surface area contributed by atoms with Crippen molar-refractivity contribution in [2.75, 3.05) is 11.5 Å². The third-order valence-corrected chi connectivity index (χ3v) is 3.61. The van der Waals surface area contributed by atoms with Gasteiger partial charge in [0.25, 0.3) is 0 Å². The Balaban J connectivity index is 2.30. The molecule has 0 aliphatic rings. The molecule has 1 N–H and O–H groups in total. The van der Waals surface area contributed by atoms with E-state index in [0.29, 0.717) is 6.04 Å². The smallest absolute Gasteiger partial charge is 0.0361 e. The molecule has 1 aromatic heterocycles. The lowest BCUT2D eigenvalue weighted by Crippen LogP contribution is -2.28. The van der Waals surface area contributed by atoms with Gasteiger partial charge in [-0.2, -0.15) is 11.8 Å². The molecular formula is C12H22N2S. The number of rotatable bonds is 7. The van der Waals surface area contributed by atoms with Crippen LogP contribution in [0, 0.1) is 0 Å². The van der Waals surface area contributed by atoms with Crippen LogP contribution in [0.5, 0.6) is 0 Å². The Kier molecular flexibility index (Phi) is 5.88. The molecule has 0 bridgehead atoms. The molecule has 1 aromatic rings. The summed E-state index contributed by atoms with van der Waals surface area (Å²) in [6.07, 6.45) is 2.14. The van der Waals surface area contributed by atoms with Crippen LogP contribution in [0.25, 0.3) is 0 Å². The summed E-state index contributed by atoms with van der Waals surface area (Å²) in [5.41, 5.74) is 1.38. The van der Waals surface area contributed by atoms with Crippen LogP contribution in [-0.4, -0.2) is 22.1 Å². The van der Waals surface area contributed by atoms with E-state index >= 15 is 0 Å². The molecule has 0 aliphatic carbocycles. The molecular weight excluding hydrogens is 204 g/mol. The Labute approximate surface area is 97.4 Å². The van der Waals surface area contributed by atoms with Gasteiger partial charge in [-0.25, -0.2) is 0 Å². The first kappa shape index (κ1) is 12.7. The summed E-state index contributed by atoms with van der Waals surface area (Å²) < 4.78 is 2.28. The maximum atomic E-state index is 3.55. The lowest BCUT2D eigenvalue weighted by molar-refractivity contribution is 0.566. The van der Waals surface area contributed by atoms with Crippen molar-refractivity contribution in [1.82, 2.24) is 9.88 Å². The Bertz CT molecular complexity index is 270. The lowest BCUT2D eigenvalue weighted by atomic mass is 10.3. The molecule has 0 saturated heterocycles. The second kappa shape index (κ2) is 6.96. The highest BCUT2D eigenvalue weighted by molar-refractivity contribution is 7.99. The van der Waals surface area contributed by atoms with Gasteiger partial charge in [0, 0.05) is 36.8 Å². The summed E-state index contributed by atoms with van der Waals surface area (Å²) >= 11 is 1.99. The van der Waals surface area contributed by atoms with Gasteiger partial charge in [-0.3, -0.25) is 0 Å². The Hall–Kier alpha value is -0.410. The highest BCUT2D eigenvalue weighted by Gasteiger charge is 2.03. The van der Waals surface area contributed by atoms with Crippen LogP contribution in [0.1, 0.15) is 26.5 Å². The molecule has 0 saturated carbocycles. The number of aromatic nitrogens is 1. The third-order valence-electron chi connectivity index (χ3n) is 2.47. The van der Waals surface area contributed by atoms with Crippen molar-refractivity contribution >= 4 is 11.8 Å². The van der Waals surface area contributed by atoms with Gasteiger partial charge in [-0.05, 0) is 31.7 Å². The van der Waals surface area contributed by atoms with Gasteiger partial charge in [0.1, 0.15) is 0 Å². The SMILES string of the molecule is CCSCC(C)NCc1cccn1CC. The zero-order chi connectivity index (χ0) is 11.1. The first-order valence-corrected chi connectivity index (χ1v) is 6.88. The second-order valence-electron chi connectivity index (χ2n) is 3.73.